The number of nitrogens with zero attached hydrogens (tertiary/aromatic N) is 2. The van der Waals surface area contributed by atoms with E-state index in [2.05, 4.69) is 44.8 Å². The highest BCUT2D eigenvalue weighted by molar-refractivity contribution is 14.1. The minimum Gasteiger partial charge on any atom is -0.369 e. The van der Waals surface area contributed by atoms with Crippen LogP contribution in [-0.2, 0) is 6.42 Å². The lowest BCUT2D eigenvalue weighted by molar-refractivity contribution is 0.619. The van der Waals surface area contributed by atoms with Crippen LogP contribution in [0.3, 0.4) is 0 Å². The van der Waals surface area contributed by atoms with E-state index in [4.69, 9.17) is 0 Å². The Morgan fingerprint density at radius 3 is 2.62 bits per heavy atom. The monoisotopic (exact) mass is 399 g/mol. The lowest BCUT2D eigenvalue weighted by Gasteiger charge is -2.12. The molecular weight excluding hydrogens is 380 g/mol. The summed E-state index contributed by atoms with van der Waals surface area (Å²) in [4.78, 5) is 9.17. The third kappa shape index (κ3) is 3.70. The van der Waals surface area contributed by atoms with Crippen LogP contribution in [-0.4, -0.2) is 16.5 Å². The van der Waals surface area contributed by atoms with E-state index >= 15 is 0 Å². The highest BCUT2D eigenvalue weighted by Gasteiger charge is 2.13. The number of halogens is 2. The first-order valence-corrected chi connectivity index (χ1v) is 8.21. The van der Waals surface area contributed by atoms with Crippen molar-refractivity contribution in [3.63, 3.8) is 0 Å². The smallest absolute Gasteiger partial charge is 0.161 e. The van der Waals surface area contributed by atoms with E-state index in [0.717, 1.165) is 34.5 Å². The molecule has 2 rings (SSSR count). The van der Waals surface area contributed by atoms with Gasteiger partial charge < -0.3 is 5.32 Å². The molecule has 0 bridgehead atoms. The van der Waals surface area contributed by atoms with Crippen molar-refractivity contribution in [1.29, 1.82) is 0 Å². The fourth-order valence-corrected chi connectivity index (χ4v) is 2.74. The fraction of sp³-hybridized carbons (Fsp3) is 0.375. The Labute approximate surface area is 138 Å². The topological polar surface area (TPSA) is 37.8 Å². The highest BCUT2D eigenvalue weighted by Crippen LogP contribution is 2.26. The summed E-state index contributed by atoms with van der Waals surface area (Å²) in [5.41, 5.74) is 2.36. The summed E-state index contributed by atoms with van der Waals surface area (Å²) in [6.45, 7) is 6.69. The van der Waals surface area contributed by atoms with Crippen molar-refractivity contribution in [2.75, 3.05) is 11.9 Å². The summed E-state index contributed by atoms with van der Waals surface area (Å²) in [6, 6.07) is 5.13. The van der Waals surface area contributed by atoms with Crippen LogP contribution in [0.25, 0.3) is 11.4 Å². The molecule has 0 amide bonds. The van der Waals surface area contributed by atoms with Crippen molar-refractivity contribution in [3.8, 4) is 11.4 Å². The molecule has 0 fully saturated rings. The van der Waals surface area contributed by atoms with Crippen molar-refractivity contribution in [2.24, 2.45) is 0 Å². The quantitative estimate of drug-likeness (QED) is 0.748. The molecule has 1 aromatic heterocycles. The number of benzene rings is 1. The molecule has 2 aromatic rings. The van der Waals surface area contributed by atoms with Crippen LogP contribution >= 0.6 is 22.6 Å². The largest absolute Gasteiger partial charge is 0.369 e. The van der Waals surface area contributed by atoms with Gasteiger partial charge in [-0.15, -0.1) is 0 Å². The van der Waals surface area contributed by atoms with E-state index in [0.29, 0.717) is 17.0 Å². The second-order valence-electron chi connectivity index (χ2n) is 4.90. The first-order valence-electron chi connectivity index (χ1n) is 7.13. The fourth-order valence-electron chi connectivity index (χ4n) is 2.04. The molecule has 0 saturated heterocycles. The summed E-state index contributed by atoms with van der Waals surface area (Å²) in [5.74, 6) is 1.18. The molecule has 0 aliphatic heterocycles. The third-order valence-electron chi connectivity index (χ3n) is 3.18. The standard InChI is InChI=1S/C16H19FIN3/c1-4-6-13-14(18)16(19-5-2)21-15(20-13)11-8-7-10(3)12(17)9-11/h7-9H,4-6H2,1-3H3,(H,19,20,21). The van der Waals surface area contributed by atoms with Gasteiger partial charge in [-0.25, -0.2) is 14.4 Å². The summed E-state index contributed by atoms with van der Waals surface area (Å²) in [6.07, 6.45) is 1.90. The van der Waals surface area contributed by atoms with Crippen LogP contribution in [0.5, 0.6) is 0 Å². The zero-order chi connectivity index (χ0) is 15.4. The van der Waals surface area contributed by atoms with Gasteiger partial charge in [0, 0.05) is 12.1 Å². The maximum atomic E-state index is 13.8. The van der Waals surface area contributed by atoms with Crippen molar-refractivity contribution in [3.05, 3.63) is 38.8 Å². The molecule has 0 aliphatic rings. The molecule has 1 N–H and O–H groups in total. The first-order chi connectivity index (χ1) is 10.1. The van der Waals surface area contributed by atoms with E-state index in [1.54, 1.807) is 13.0 Å². The molecule has 0 atom stereocenters. The average Bonchev–Trinajstić information content (AvgIpc) is 2.46. The molecule has 0 unspecified atom stereocenters. The van der Waals surface area contributed by atoms with Gasteiger partial charge in [0.2, 0.25) is 0 Å². The average molecular weight is 399 g/mol. The van der Waals surface area contributed by atoms with Gasteiger partial charge in [0.1, 0.15) is 11.6 Å². The number of aryl methyl sites for hydroxylation is 2. The van der Waals surface area contributed by atoms with Crippen molar-refractivity contribution in [1.82, 2.24) is 9.97 Å². The van der Waals surface area contributed by atoms with Crippen LogP contribution in [0.4, 0.5) is 10.2 Å². The van der Waals surface area contributed by atoms with E-state index in [9.17, 15) is 4.39 Å². The highest BCUT2D eigenvalue weighted by atomic mass is 127. The van der Waals surface area contributed by atoms with Gasteiger partial charge in [-0.1, -0.05) is 25.5 Å². The number of nitrogens with one attached hydrogen (secondary N) is 1. The second-order valence-corrected chi connectivity index (χ2v) is 5.98. The number of anilines is 1. The molecule has 0 radical (unpaired) electrons. The van der Waals surface area contributed by atoms with Gasteiger partial charge in [0.25, 0.3) is 0 Å². The van der Waals surface area contributed by atoms with Gasteiger partial charge >= 0.3 is 0 Å². The SMILES string of the molecule is CCCc1nc(-c2ccc(C)c(F)c2)nc(NCC)c1I. The zero-order valence-electron chi connectivity index (χ0n) is 12.5. The maximum Gasteiger partial charge on any atom is 0.161 e. The minimum atomic E-state index is -0.225. The van der Waals surface area contributed by atoms with Crippen LogP contribution in [0.2, 0.25) is 0 Å². The Bertz CT molecular complexity index is 616. The Balaban J connectivity index is 2.53. The van der Waals surface area contributed by atoms with Crippen LogP contribution in [0.15, 0.2) is 18.2 Å². The Kier molecular flexibility index (Phi) is 5.50. The molecule has 21 heavy (non-hydrogen) atoms. The molecule has 1 aromatic carbocycles. The summed E-state index contributed by atoms with van der Waals surface area (Å²) in [5, 5.41) is 3.26. The predicted molar refractivity (Wildman–Crippen MR) is 93.0 cm³/mol. The predicted octanol–water partition coefficient (Wildman–Crippen LogP) is 4.58. The van der Waals surface area contributed by atoms with Crippen molar-refractivity contribution >= 4 is 28.4 Å². The van der Waals surface area contributed by atoms with Gasteiger partial charge in [-0.3, -0.25) is 0 Å². The third-order valence-corrected chi connectivity index (χ3v) is 4.31. The minimum absolute atomic E-state index is 0.225. The van der Waals surface area contributed by atoms with E-state index in [1.807, 2.05) is 13.0 Å². The Morgan fingerprint density at radius 2 is 2.00 bits per heavy atom. The lowest BCUT2D eigenvalue weighted by atomic mass is 10.1. The van der Waals surface area contributed by atoms with Crippen molar-refractivity contribution < 1.29 is 4.39 Å². The number of hydrogen-bond acceptors (Lipinski definition) is 3. The van der Waals surface area contributed by atoms with Gasteiger partial charge in [-0.2, -0.15) is 0 Å². The summed E-state index contributed by atoms with van der Waals surface area (Å²) >= 11 is 2.27. The summed E-state index contributed by atoms with van der Waals surface area (Å²) < 4.78 is 14.8. The number of rotatable bonds is 5. The Hall–Kier alpha value is -1.24. The second kappa shape index (κ2) is 7.15. The lowest BCUT2D eigenvalue weighted by Crippen LogP contribution is -2.08. The maximum absolute atomic E-state index is 13.8. The molecular formula is C16H19FIN3. The molecule has 0 spiro atoms. The van der Waals surface area contributed by atoms with Crippen LogP contribution < -0.4 is 5.32 Å². The number of hydrogen-bond donors (Lipinski definition) is 1. The van der Waals surface area contributed by atoms with E-state index < -0.39 is 0 Å². The van der Waals surface area contributed by atoms with Crippen LogP contribution in [0.1, 0.15) is 31.5 Å². The molecule has 112 valence electrons. The molecule has 5 heteroatoms. The summed E-state index contributed by atoms with van der Waals surface area (Å²) in [7, 11) is 0. The molecule has 0 saturated carbocycles. The Morgan fingerprint density at radius 1 is 1.24 bits per heavy atom. The van der Waals surface area contributed by atoms with Gasteiger partial charge in [0.05, 0.1) is 9.26 Å². The molecule has 1 heterocycles. The normalized spacial score (nSPS) is 10.7. The molecule has 3 nitrogen and oxygen atoms in total. The van der Waals surface area contributed by atoms with E-state index in [-0.39, 0.29) is 5.82 Å². The molecule has 0 aliphatic carbocycles. The number of aromatic nitrogens is 2. The van der Waals surface area contributed by atoms with E-state index in [1.165, 1.54) is 6.07 Å². The van der Waals surface area contributed by atoms with Crippen molar-refractivity contribution in [2.45, 2.75) is 33.6 Å². The van der Waals surface area contributed by atoms with Crippen LogP contribution in [0, 0.1) is 16.3 Å². The van der Waals surface area contributed by atoms with Gasteiger partial charge in [-0.05, 0) is 54.5 Å². The van der Waals surface area contributed by atoms with Gasteiger partial charge in [0.15, 0.2) is 5.82 Å². The first kappa shape index (κ1) is 16.1. The zero-order valence-corrected chi connectivity index (χ0v) is 14.7.